The van der Waals surface area contributed by atoms with Crippen LogP contribution in [-0.4, -0.2) is 13.1 Å². The van der Waals surface area contributed by atoms with E-state index < -0.39 is 17.3 Å². The Balaban J connectivity index is 2.88. The molecule has 1 atom stereocenters. The summed E-state index contributed by atoms with van der Waals surface area (Å²) in [4.78, 5) is 11.3. The Kier molecular flexibility index (Phi) is 5.98. The molecule has 0 bridgehead atoms. The Bertz CT molecular complexity index is 508. The Hall–Kier alpha value is -0.650. The van der Waals surface area contributed by atoms with Gasteiger partial charge in [-0.3, -0.25) is 4.79 Å². The molecule has 112 valence electrons. The highest BCUT2D eigenvalue weighted by atomic mass is 79.9. The van der Waals surface area contributed by atoms with E-state index in [-0.39, 0.29) is 12.4 Å². The molecule has 1 rings (SSSR count). The van der Waals surface area contributed by atoms with E-state index in [4.69, 9.17) is 17.3 Å². The number of carbonyl (C=O) groups is 1. The summed E-state index contributed by atoms with van der Waals surface area (Å²) in [7, 11) is 1.34. The van der Waals surface area contributed by atoms with Crippen molar-refractivity contribution in [1.82, 2.24) is 0 Å². The molecular formula is C14H18BrClFNO2. The predicted molar refractivity (Wildman–Crippen MR) is 81.1 cm³/mol. The van der Waals surface area contributed by atoms with Crippen molar-refractivity contribution in [3.8, 4) is 0 Å². The van der Waals surface area contributed by atoms with E-state index in [1.807, 2.05) is 13.8 Å². The molecular weight excluding hydrogens is 349 g/mol. The predicted octanol–water partition coefficient (Wildman–Crippen LogP) is 4.22. The highest BCUT2D eigenvalue weighted by molar-refractivity contribution is 9.10. The molecule has 0 saturated heterocycles. The minimum atomic E-state index is -0.541. The Morgan fingerprint density at radius 1 is 1.55 bits per heavy atom. The van der Waals surface area contributed by atoms with Gasteiger partial charge in [-0.25, -0.2) is 4.39 Å². The lowest BCUT2D eigenvalue weighted by Crippen LogP contribution is -2.25. The van der Waals surface area contributed by atoms with Gasteiger partial charge in [0.15, 0.2) is 0 Å². The van der Waals surface area contributed by atoms with Crippen molar-refractivity contribution in [2.45, 2.75) is 32.7 Å². The minimum Gasteiger partial charge on any atom is -0.469 e. The van der Waals surface area contributed by atoms with Crippen molar-refractivity contribution < 1.29 is 13.9 Å². The molecule has 0 amide bonds. The third-order valence-corrected chi connectivity index (χ3v) is 4.26. The maximum atomic E-state index is 13.9. The van der Waals surface area contributed by atoms with Gasteiger partial charge in [-0.1, -0.05) is 25.4 Å². The van der Waals surface area contributed by atoms with Gasteiger partial charge >= 0.3 is 5.97 Å². The zero-order valence-electron chi connectivity index (χ0n) is 11.7. The van der Waals surface area contributed by atoms with Crippen LogP contribution in [-0.2, 0) is 9.53 Å². The van der Waals surface area contributed by atoms with Crippen molar-refractivity contribution in [3.63, 3.8) is 0 Å². The lowest BCUT2D eigenvalue weighted by Gasteiger charge is -2.27. The van der Waals surface area contributed by atoms with E-state index in [0.29, 0.717) is 21.5 Å². The standard InChI is InChI=1S/C14H18BrClFNO2/c1-14(2,7-13(19)20-3)6-12(18)8-4-10(16)9(15)5-11(8)17/h4-5,12H,6-7,18H2,1-3H3. The second kappa shape index (κ2) is 6.87. The first-order chi connectivity index (χ1) is 9.16. The summed E-state index contributed by atoms with van der Waals surface area (Å²) in [5.41, 5.74) is 6.01. The van der Waals surface area contributed by atoms with Gasteiger partial charge in [0.25, 0.3) is 0 Å². The van der Waals surface area contributed by atoms with Crippen LogP contribution in [0, 0.1) is 11.2 Å². The van der Waals surface area contributed by atoms with Gasteiger partial charge in [-0.05, 0) is 39.9 Å². The number of carbonyl (C=O) groups excluding carboxylic acids is 1. The van der Waals surface area contributed by atoms with Crippen LogP contribution in [0.5, 0.6) is 0 Å². The summed E-state index contributed by atoms with van der Waals surface area (Å²) in [6, 6.07) is 2.27. The van der Waals surface area contributed by atoms with Crippen LogP contribution in [0.15, 0.2) is 16.6 Å². The van der Waals surface area contributed by atoms with Gasteiger partial charge in [-0.2, -0.15) is 0 Å². The summed E-state index contributed by atoms with van der Waals surface area (Å²) in [6.07, 6.45) is 0.667. The number of hydrogen-bond donors (Lipinski definition) is 1. The number of benzene rings is 1. The van der Waals surface area contributed by atoms with Crippen LogP contribution in [0.4, 0.5) is 4.39 Å². The zero-order chi connectivity index (χ0) is 15.5. The molecule has 1 aromatic rings. The monoisotopic (exact) mass is 365 g/mol. The van der Waals surface area contributed by atoms with Crippen LogP contribution < -0.4 is 5.73 Å². The molecule has 6 heteroatoms. The number of hydrogen-bond acceptors (Lipinski definition) is 3. The van der Waals surface area contributed by atoms with Crippen LogP contribution in [0.25, 0.3) is 0 Å². The summed E-state index contributed by atoms with van der Waals surface area (Å²) >= 11 is 9.12. The third kappa shape index (κ3) is 4.72. The molecule has 1 aromatic carbocycles. The maximum absolute atomic E-state index is 13.9. The molecule has 0 aromatic heterocycles. The van der Waals surface area contributed by atoms with E-state index in [9.17, 15) is 9.18 Å². The molecule has 20 heavy (non-hydrogen) atoms. The fraction of sp³-hybridized carbons (Fsp3) is 0.500. The van der Waals surface area contributed by atoms with Crippen molar-refractivity contribution in [2.24, 2.45) is 11.1 Å². The van der Waals surface area contributed by atoms with Gasteiger partial charge in [0.05, 0.1) is 18.6 Å². The fourth-order valence-electron chi connectivity index (χ4n) is 2.06. The molecule has 0 aliphatic carbocycles. The number of halogens is 3. The zero-order valence-corrected chi connectivity index (χ0v) is 14.0. The largest absolute Gasteiger partial charge is 0.469 e. The summed E-state index contributed by atoms with van der Waals surface area (Å²) in [5, 5.41) is 0.405. The molecule has 0 saturated carbocycles. The molecule has 0 fully saturated rings. The number of rotatable bonds is 5. The summed E-state index contributed by atoms with van der Waals surface area (Å²) in [6.45, 7) is 3.78. The first-order valence-corrected chi connectivity index (χ1v) is 7.30. The quantitative estimate of drug-likeness (QED) is 0.627. The SMILES string of the molecule is COC(=O)CC(C)(C)CC(N)c1cc(Cl)c(Br)cc1F. The van der Waals surface area contributed by atoms with Gasteiger partial charge < -0.3 is 10.5 Å². The third-order valence-electron chi connectivity index (χ3n) is 3.06. The van der Waals surface area contributed by atoms with Crippen molar-refractivity contribution >= 4 is 33.5 Å². The Morgan fingerprint density at radius 2 is 2.15 bits per heavy atom. The highest BCUT2D eigenvalue weighted by Gasteiger charge is 2.27. The van der Waals surface area contributed by atoms with E-state index >= 15 is 0 Å². The van der Waals surface area contributed by atoms with Crippen LogP contribution in [0.2, 0.25) is 5.02 Å². The van der Waals surface area contributed by atoms with E-state index in [2.05, 4.69) is 20.7 Å². The van der Waals surface area contributed by atoms with Crippen molar-refractivity contribution in [1.29, 1.82) is 0 Å². The van der Waals surface area contributed by atoms with E-state index in [1.165, 1.54) is 19.2 Å². The van der Waals surface area contributed by atoms with Crippen LogP contribution >= 0.6 is 27.5 Å². The lowest BCUT2D eigenvalue weighted by atomic mass is 9.81. The van der Waals surface area contributed by atoms with Gasteiger partial charge in [0, 0.05) is 16.1 Å². The summed E-state index contributed by atoms with van der Waals surface area (Å²) < 4.78 is 19.1. The highest BCUT2D eigenvalue weighted by Crippen LogP contribution is 2.35. The Labute approximate surface area is 131 Å². The number of esters is 1. The van der Waals surface area contributed by atoms with Crippen molar-refractivity contribution in [2.75, 3.05) is 7.11 Å². The summed E-state index contributed by atoms with van der Waals surface area (Å²) in [5.74, 6) is -0.723. The normalized spacial score (nSPS) is 13.2. The molecule has 0 spiro atoms. The smallest absolute Gasteiger partial charge is 0.306 e. The first-order valence-electron chi connectivity index (χ1n) is 6.13. The van der Waals surface area contributed by atoms with Gasteiger partial charge in [0.1, 0.15) is 5.82 Å². The fourth-order valence-corrected chi connectivity index (χ4v) is 2.55. The molecule has 0 radical (unpaired) electrons. The second-order valence-electron chi connectivity index (χ2n) is 5.52. The number of nitrogens with two attached hydrogens (primary N) is 1. The average Bonchev–Trinajstić information content (AvgIpc) is 2.32. The molecule has 2 N–H and O–H groups in total. The number of methoxy groups -OCH3 is 1. The Morgan fingerprint density at radius 3 is 2.70 bits per heavy atom. The second-order valence-corrected chi connectivity index (χ2v) is 6.78. The van der Waals surface area contributed by atoms with Crippen molar-refractivity contribution in [3.05, 3.63) is 33.0 Å². The molecule has 3 nitrogen and oxygen atoms in total. The first kappa shape index (κ1) is 17.4. The van der Waals surface area contributed by atoms with Crippen LogP contribution in [0.1, 0.15) is 38.3 Å². The maximum Gasteiger partial charge on any atom is 0.306 e. The average molecular weight is 367 g/mol. The lowest BCUT2D eigenvalue weighted by molar-refractivity contribution is -0.143. The van der Waals surface area contributed by atoms with Gasteiger partial charge in [0.2, 0.25) is 0 Å². The topological polar surface area (TPSA) is 52.3 Å². The molecule has 0 aliphatic heterocycles. The minimum absolute atomic E-state index is 0.225. The van der Waals surface area contributed by atoms with Gasteiger partial charge in [-0.15, -0.1) is 0 Å². The number of ether oxygens (including phenoxy) is 1. The van der Waals surface area contributed by atoms with E-state index in [1.54, 1.807) is 0 Å². The van der Waals surface area contributed by atoms with E-state index in [0.717, 1.165) is 0 Å². The molecule has 0 heterocycles. The van der Waals surface area contributed by atoms with Crippen LogP contribution in [0.3, 0.4) is 0 Å². The molecule has 1 unspecified atom stereocenters. The molecule has 0 aliphatic rings.